The molecular weight excluding hydrogens is 436 g/mol. The highest BCUT2D eigenvalue weighted by molar-refractivity contribution is 5.94. The fourth-order valence-corrected chi connectivity index (χ4v) is 6.19. The average Bonchev–Trinajstić information content (AvgIpc) is 3.38. The number of esters is 2. The van der Waals surface area contributed by atoms with E-state index in [4.69, 9.17) is 14.2 Å². The molecule has 8 nitrogen and oxygen atoms in total. The minimum absolute atomic E-state index is 0.0980. The van der Waals surface area contributed by atoms with Crippen molar-refractivity contribution >= 4 is 11.9 Å². The quantitative estimate of drug-likeness (QED) is 0.656. The topological polar surface area (TPSA) is 88.5 Å². The number of methoxy groups -OCH3 is 1. The van der Waals surface area contributed by atoms with Crippen LogP contribution in [-0.4, -0.2) is 79.4 Å². The third-order valence-electron chi connectivity index (χ3n) is 8.54. The summed E-state index contributed by atoms with van der Waals surface area (Å²) in [6, 6.07) is 3.64. The molecule has 1 N–H and O–H groups in total. The minimum atomic E-state index is -0.607. The Morgan fingerprint density at radius 1 is 1.09 bits per heavy atom. The first kappa shape index (κ1) is 23.3. The molecule has 4 heterocycles. The first-order valence-electron chi connectivity index (χ1n) is 12.2. The van der Waals surface area contributed by atoms with Crippen LogP contribution in [0.1, 0.15) is 59.3 Å². The van der Waals surface area contributed by atoms with Crippen molar-refractivity contribution in [3.8, 4) is 0 Å². The predicted octanol–water partition coefficient (Wildman–Crippen LogP) is 2.33. The summed E-state index contributed by atoms with van der Waals surface area (Å²) in [5.41, 5.74) is 5.17. The molecule has 5 rings (SSSR count). The van der Waals surface area contributed by atoms with Gasteiger partial charge < -0.3 is 29.1 Å². The van der Waals surface area contributed by atoms with Crippen molar-refractivity contribution in [3.05, 3.63) is 45.7 Å². The molecule has 34 heavy (non-hydrogen) atoms. The zero-order valence-electron chi connectivity index (χ0n) is 20.3. The Labute approximate surface area is 200 Å². The van der Waals surface area contributed by atoms with Crippen LogP contribution in [0.15, 0.2) is 23.4 Å². The first-order chi connectivity index (χ1) is 16.3. The number of carbonyl (C=O) groups excluding carboxylic acids is 2. The number of β-amino-alcohol motifs (C(OH)–C–C–N with tert-alkyl or cyclic N) is 1. The Morgan fingerprint density at radius 3 is 2.47 bits per heavy atom. The molecule has 1 aromatic carbocycles. The van der Waals surface area contributed by atoms with Gasteiger partial charge in [0, 0.05) is 37.7 Å². The molecular formula is C26H34N2O6. The van der Waals surface area contributed by atoms with Gasteiger partial charge in [-0.1, -0.05) is 6.07 Å². The fourth-order valence-electron chi connectivity index (χ4n) is 6.19. The summed E-state index contributed by atoms with van der Waals surface area (Å²) in [6.45, 7) is 8.52. The van der Waals surface area contributed by atoms with Gasteiger partial charge in [0.1, 0.15) is 13.2 Å². The summed E-state index contributed by atoms with van der Waals surface area (Å²) in [5.74, 6) is -0.494. The lowest BCUT2D eigenvalue weighted by atomic mass is 9.69. The number of likely N-dealkylation sites (tertiary alicyclic amines) is 2. The number of rotatable bonds is 5. The maximum absolute atomic E-state index is 11.8. The lowest BCUT2D eigenvalue weighted by Gasteiger charge is -2.51. The maximum Gasteiger partial charge on any atom is 0.338 e. The molecule has 2 saturated heterocycles. The molecule has 1 unspecified atom stereocenters. The summed E-state index contributed by atoms with van der Waals surface area (Å²) >= 11 is 0. The van der Waals surface area contributed by atoms with Crippen LogP contribution in [0, 0.1) is 12.3 Å². The molecule has 4 aliphatic rings. The number of hydrogen-bond donors (Lipinski definition) is 1. The number of hydrogen-bond acceptors (Lipinski definition) is 8. The Kier molecular flexibility index (Phi) is 6.16. The molecule has 0 radical (unpaired) electrons. The van der Waals surface area contributed by atoms with Gasteiger partial charge in [-0.15, -0.1) is 0 Å². The molecule has 2 atom stereocenters. The molecule has 2 fully saturated rings. The van der Waals surface area contributed by atoms with Gasteiger partial charge in [0.15, 0.2) is 0 Å². The maximum atomic E-state index is 11.8. The van der Waals surface area contributed by atoms with Gasteiger partial charge in [0.05, 0.1) is 29.0 Å². The Balaban J connectivity index is 1.21. The van der Waals surface area contributed by atoms with Gasteiger partial charge in [-0.05, 0) is 63.4 Å². The SMILES string of the molecule is COC1CN(C2=C(C)C(=O)OC2)CCC12CCN(C[C@H](O)c1ccc3c(c1C)COC3=O)CC2. The number of aliphatic hydroxyl groups excluding tert-OH is 1. The van der Waals surface area contributed by atoms with Crippen molar-refractivity contribution in [1.82, 2.24) is 9.80 Å². The van der Waals surface area contributed by atoms with E-state index in [0.29, 0.717) is 30.9 Å². The van der Waals surface area contributed by atoms with Crippen molar-refractivity contribution in [2.24, 2.45) is 5.41 Å². The largest absolute Gasteiger partial charge is 0.457 e. The fraction of sp³-hybridized carbons (Fsp3) is 0.615. The highest BCUT2D eigenvalue weighted by Crippen LogP contribution is 2.44. The van der Waals surface area contributed by atoms with Crippen LogP contribution in [0.5, 0.6) is 0 Å². The Morgan fingerprint density at radius 2 is 1.79 bits per heavy atom. The molecule has 0 amide bonds. The summed E-state index contributed by atoms with van der Waals surface area (Å²) in [7, 11) is 1.79. The normalized spacial score (nSPS) is 25.5. The number of piperidine rings is 2. The van der Waals surface area contributed by atoms with E-state index in [0.717, 1.165) is 67.8 Å². The van der Waals surface area contributed by atoms with E-state index in [1.54, 1.807) is 13.2 Å². The lowest BCUT2D eigenvalue weighted by Crippen LogP contribution is -2.56. The van der Waals surface area contributed by atoms with Crippen LogP contribution in [0.2, 0.25) is 0 Å². The summed E-state index contributed by atoms with van der Waals surface area (Å²) in [5, 5.41) is 11.0. The number of nitrogens with zero attached hydrogens (tertiary/aromatic N) is 2. The molecule has 0 bridgehead atoms. The molecule has 184 valence electrons. The van der Waals surface area contributed by atoms with Crippen LogP contribution in [0.25, 0.3) is 0 Å². The number of ether oxygens (including phenoxy) is 3. The summed E-state index contributed by atoms with van der Waals surface area (Å²) in [6.07, 6.45) is 2.55. The van der Waals surface area contributed by atoms with Crippen molar-refractivity contribution in [3.63, 3.8) is 0 Å². The van der Waals surface area contributed by atoms with Crippen molar-refractivity contribution in [2.45, 2.75) is 51.9 Å². The highest BCUT2D eigenvalue weighted by Gasteiger charge is 2.46. The number of aliphatic hydroxyl groups is 1. The third-order valence-corrected chi connectivity index (χ3v) is 8.54. The second-order valence-corrected chi connectivity index (χ2v) is 10.1. The molecule has 0 aromatic heterocycles. The van der Waals surface area contributed by atoms with E-state index >= 15 is 0 Å². The van der Waals surface area contributed by atoms with Gasteiger partial charge in [-0.25, -0.2) is 9.59 Å². The molecule has 1 aromatic rings. The van der Waals surface area contributed by atoms with E-state index in [1.807, 2.05) is 19.9 Å². The smallest absolute Gasteiger partial charge is 0.338 e. The summed E-state index contributed by atoms with van der Waals surface area (Å²) < 4.78 is 16.4. The number of fused-ring (bicyclic) bond motifs is 1. The standard InChI is InChI=1S/C26H34N2O6/c1-16-18(4-5-19-20(16)14-33-25(19)31)22(29)12-27-9-6-26(7-10-27)8-11-28(13-23(26)32-3)21-15-34-24(30)17(21)2/h4-5,22-23,29H,6-15H2,1-3H3/t22-,23?/m0/s1. The van der Waals surface area contributed by atoms with Crippen LogP contribution in [-0.2, 0) is 25.6 Å². The van der Waals surface area contributed by atoms with Crippen LogP contribution < -0.4 is 0 Å². The monoisotopic (exact) mass is 470 g/mol. The second-order valence-electron chi connectivity index (χ2n) is 10.1. The number of cyclic esters (lactones) is 2. The zero-order valence-corrected chi connectivity index (χ0v) is 20.3. The molecule has 1 spiro atoms. The Bertz CT molecular complexity index is 1030. The lowest BCUT2D eigenvalue weighted by molar-refractivity contribution is -0.136. The molecule has 0 aliphatic carbocycles. The van der Waals surface area contributed by atoms with Gasteiger partial charge in [-0.2, -0.15) is 0 Å². The number of benzene rings is 1. The van der Waals surface area contributed by atoms with Gasteiger partial charge in [-0.3, -0.25) is 0 Å². The second kappa shape index (κ2) is 8.98. The average molecular weight is 471 g/mol. The molecule has 8 heteroatoms. The van der Waals surface area contributed by atoms with E-state index in [9.17, 15) is 14.7 Å². The van der Waals surface area contributed by atoms with Crippen LogP contribution in [0.4, 0.5) is 0 Å². The van der Waals surface area contributed by atoms with Crippen molar-refractivity contribution in [2.75, 3.05) is 46.4 Å². The molecule has 4 aliphatic heterocycles. The third kappa shape index (κ3) is 3.91. The van der Waals surface area contributed by atoms with E-state index in [-0.39, 0.29) is 23.5 Å². The summed E-state index contributed by atoms with van der Waals surface area (Å²) in [4.78, 5) is 28.2. The predicted molar refractivity (Wildman–Crippen MR) is 124 cm³/mol. The van der Waals surface area contributed by atoms with Crippen LogP contribution >= 0.6 is 0 Å². The van der Waals surface area contributed by atoms with E-state index in [1.165, 1.54) is 0 Å². The minimum Gasteiger partial charge on any atom is -0.457 e. The van der Waals surface area contributed by atoms with Gasteiger partial charge in [0.25, 0.3) is 0 Å². The molecule has 0 saturated carbocycles. The van der Waals surface area contributed by atoms with Gasteiger partial charge >= 0.3 is 11.9 Å². The zero-order chi connectivity index (χ0) is 24.0. The van der Waals surface area contributed by atoms with E-state index in [2.05, 4.69) is 9.80 Å². The van der Waals surface area contributed by atoms with Crippen molar-refractivity contribution in [1.29, 1.82) is 0 Å². The van der Waals surface area contributed by atoms with Crippen molar-refractivity contribution < 1.29 is 28.9 Å². The van der Waals surface area contributed by atoms with Gasteiger partial charge in [0.2, 0.25) is 0 Å². The number of carbonyl (C=O) groups is 2. The van der Waals surface area contributed by atoms with E-state index < -0.39 is 6.10 Å². The highest BCUT2D eigenvalue weighted by atomic mass is 16.5. The first-order valence-corrected chi connectivity index (χ1v) is 12.2. The Hall–Kier alpha value is -2.42. The van der Waals surface area contributed by atoms with Crippen LogP contribution in [0.3, 0.4) is 0 Å².